The van der Waals surface area contributed by atoms with Gasteiger partial charge < -0.3 is 9.64 Å². The van der Waals surface area contributed by atoms with Crippen molar-refractivity contribution in [2.75, 3.05) is 28.3 Å². The lowest BCUT2D eigenvalue weighted by atomic mass is 10.1. The lowest BCUT2D eigenvalue weighted by molar-refractivity contribution is -0.0258. The molecule has 1 atom stereocenters. The highest BCUT2D eigenvalue weighted by Gasteiger charge is 2.24. The van der Waals surface area contributed by atoms with Crippen molar-refractivity contribution >= 4 is 15.9 Å². The Balaban J connectivity index is 2.27. The number of benzene rings is 2. The third kappa shape index (κ3) is 4.47. The fourth-order valence-corrected chi connectivity index (χ4v) is 3.54. The van der Waals surface area contributed by atoms with E-state index in [1.165, 1.54) is 32.4 Å². The van der Waals surface area contributed by atoms with Gasteiger partial charge in [-0.15, -0.1) is 0 Å². The standard InChI is InChI=1S/C19H24N2O5S/c1-14(15-9-11-17(25-4)12-10-15)20(2)19(22)16-7-6-8-18(13-16)27(23,24)21(3)26-5/h6-14H,1-5H3. The van der Waals surface area contributed by atoms with Crippen LogP contribution >= 0.6 is 0 Å². The number of nitrogens with zero attached hydrogens (tertiary/aromatic N) is 2. The average molecular weight is 392 g/mol. The van der Waals surface area contributed by atoms with Gasteiger partial charge in [0, 0.05) is 19.7 Å². The largest absolute Gasteiger partial charge is 0.497 e. The molecule has 0 saturated carbocycles. The molecule has 0 aliphatic rings. The second-order valence-corrected chi connectivity index (χ2v) is 7.93. The van der Waals surface area contributed by atoms with Gasteiger partial charge in [-0.3, -0.25) is 9.63 Å². The number of methoxy groups -OCH3 is 1. The Hall–Kier alpha value is -2.42. The highest BCUT2D eigenvalue weighted by molar-refractivity contribution is 7.89. The molecular weight excluding hydrogens is 368 g/mol. The zero-order chi connectivity index (χ0) is 20.2. The van der Waals surface area contributed by atoms with Crippen molar-refractivity contribution in [3.8, 4) is 5.75 Å². The molecule has 0 saturated heterocycles. The van der Waals surface area contributed by atoms with Crippen LogP contribution in [0.4, 0.5) is 0 Å². The molecule has 0 bridgehead atoms. The summed E-state index contributed by atoms with van der Waals surface area (Å²) in [6, 6.07) is 13.1. The first kappa shape index (κ1) is 20.9. The fraction of sp³-hybridized carbons (Fsp3) is 0.316. The van der Waals surface area contributed by atoms with Crippen LogP contribution in [0.1, 0.15) is 28.9 Å². The predicted molar refractivity (Wildman–Crippen MR) is 102 cm³/mol. The molecule has 27 heavy (non-hydrogen) atoms. The number of hydroxylamine groups is 1. The topological polar surface area (TPSA) is 76.2 Å². The summed E-state index contributed by atoms with van der Waals surface area (Å²) in [4.78, 5) is 19.2. The number of hydrogen-bond donors (Lipinski definition) is 0. The maximum absolute atomic E-state index is 12.9. The van der Waals surface area contributed by atoms with Crippen molar-refractivity contribution < 1.29 is 22.8 Å². The predicted octanol–water partition coefficient (Wildman–Crippen LogP) is 2.71. The summed E-state index contributed by atoms with van der Waals surface area (Å²) >= 11 is 0. The average Bonchev–Trinajstić information content (AvgIpc) is 2.71. The van der Waals surface area contributed by atoms with Gasteiger partial charge in [-0.25, -0.2) is 8.42 Å². The summed E-state index contributed by atoms with van der Waals surface area (Å²) in [5.74, 6) is 0.454. The molecule has 0 N–H and O–H groups in total. The number of ether oxygens (including phenoxy) is 1. The van der Waals surface area contributed by atoms with Crippen molar-refractivity contribution in [2.45, 2.75) is 17.9 Å². The normalized spacial score (nSPS) is 12.7. The van der Waals surface area contributed by atoms with E-state index in [4.69, 9.17) is 9.57 Å². The number of sulfonamides is 1. The van der Waals surface area contributed by atoms with E-state index in [9.17, 15) is 13.2 Å². The summed E-state index contributed by atoms with van der Waals surface area (Å²) in [6.07, 6.45) is 0. The maximum Gasteiger partial charge on any atom is 0.264 e. The highest BCUT2D eigenvalue weighted by atomic mass is 32.2. The first-order valence-electron chi connectivity index (χ1n) is 8.26. The van der Waals surface area contributed by atoms with Crippen LogP contribution in [0.3, 0.4) is 0 Å². The van der Waals surface area contributed by atoms with Crippen molar-refractivity contribution in [3.05, 3.63) is 59.7 Å². The molecule has 0 aliphatic heterocycles. The maximum atomic E-state index is 12.9. The lowest BCUT2D eigenvalue weighted by Gasteiger charge is -2.26. The van der Waals surface area contributed by atoms with Crippen LogP contribution in [0.5, 0.6) is 5.75 Å². The zero-order valence-corrected chi connectivity index (χ0v) is 16.9. The Morgan fingerprint density at radius 1 is 1.04 bits per heavy atom. The van der Waals surface area contributed by atoms with Crippen LogP contribution in [0.25, 0.3) is 0 Å². The Bertz CT molecular complexity index is 897. The minimum absolute atomic E-state index is 0.0109. The number of carbonyl (C=O) groups is 1. The molecule has 146 valence electrons. The summed E-state index contributed by atoms with van der Waals surface area (Å²) in [5, 5.41) is 0. The summed E-state index contributed by atoms with van der Waals surface area (Å²) in [5.41, 5.74) is 1.22. The number of rotatable bonds is 7. The number of hydrogen-bond acceptors (Lipinski definition) is 5. The molecular formula is C19H24N2O5S. The summed E-state index contributed by atoms with van der Waals surface area (Å²) < 4.78 is 30.7. The smallest absolute Gasteiger partial charge is 0.264 e. The van der Waals surface area contributed by atoms with Gasteiger partial charge in [-0.05, 0) is 42.8 Å². The molecule has 7 nitrogen and oxygen atoms in total. The molecule has 2 aromatic carbocycles. The van der Waals surface area contributed by atoms with Gasteiger partial charge in [-0.2, -0.15) is 0 Å². The Morgan fingerprint density at radius 2 is 1.67 bits per heavy atom. The van der Waals surface area contributed by atoms with Crippen LogP contribution in [0.2, 0.25) is 0 Å². The molecule has 0 radical (unpaired) electrons. The minimum Gasteiger partial charge on any atom is -0.497 e. The van der Waals surface area contributed by atoms with Gasteiger partial charge in [0.2, 0.25) is 0 Å². The van der Waals surface area contributed by atoms with Crippen LogP contribution in [-0.4, -0.2) is 52.0 Å². The number of carbonyl (C=O) groups excluding carboxylic acids is 1. The zero-order valence-electron chi connectivity index (χ0n) is 16.0. The molecule has 2 aromatic rings. The highest BCUT2D eigenvalue weighted by Crippen LogP contribution is 2.24. The van der Waals surface area contributed by atoms with E-state index in [1.807, 2.05) is 31.2 Å². The second-order valence-electron chi connectivity index (χ2n) is 5.99. The van der Waals surface area contributed by atoms with Crippen LogP contribution in [-0.2, 0) is 14.9 Å². The quantitative estimate of drug-likeness (QED) is 0.677. The van der Waals surface area contributed by atoms with E-state index in [0.29, 0.717) is 0 Å². The fourth-order valence-electron chi connectivity index (χ4n) is 2.52. The third-order valence-corrected chi connectivity index (χ3v) is 6.15. The Labute approximate surface area is 160 Å². The molecule has 0 aromatic heterocycles. The number of amides is 1. The summed E-state index contributed by atoms with van der Waals surface area (Å²) in [6.45, 7) is 1.90. The Kier molecular flexibility index (Phi) is 6.59. The molecule has 0 aliphatic carbocycles. The van der Waals surface area contributed by atoms with Crippen molar-refractivity contribution in [1.82, 2.24) is 9.37 Å². The summed E-state index contributed by atoms with van der Waals surface area (Å²) in [7, 11) is 2.00. The van der Waals surface area contributed by atoms with Gasteiger partial charge in [0.15, 0.2) is 0 Å². The van der Waals surface area contributed by atoms with E-state index in [0.717, 1.165) is 15.8 Å². The van der Waals surface area contributed by atoms with Crippen LogP contribution < -0.4 is 4.74 Å². The van der Waals surface area contributed by atoms with Gasteiger partial charge in [0.25, 0.3) is 15.9 Å². The van der Waals surface area contributed by atoms with E-state index >= 15 is 0 Å². The molecule has 0 heterocycles. The van der Waals surface area contributed by atoms with E-state index in [2.05, 4.69) is 0 Å². The first-order valence-corrected chi connectivity index (χ1v) is 9.70. The van der Waals surface area contributed by atoms with Crippen LogP contribution in [0.15, 0.2) is 53.4 Å². The minimum atomic E-state index is -3.82. The molecule has 2 rings (SSSR count). The monoisotopic (exact) mass is 392 g/mol. The molecule has 1 unspecified atom stereocenters. The SMILES string of the molecule is COc1ccc(C(C)N(C)C(=O)c2cccc(S(=O)(=O)N(C)OC)c2)cc1. The van der Waals surface area contributed by atoms with Gasteiger partial charge in [-0.1, -0.05) is 22.7 Å². The molecule has 1 amide bonds. The van der Waals surface area contributed by atoms with Crippen LogP contribution in [0, 0.1) is 0 Å². The van der Waals surface area contributed by atoms with Crippen molar-refractivity contribution in [2.24, 2.45) is 0 Å². The van der Waals surface area contributed by atoms with Crippen molar-refractivity contribution in [3.63, 3.8) is 0 Å². The Morgan fingerprint density at radius 3 is 2.22 bits per heavy atom. The lowest BCUT2D eigenvalue weighted by Crippen LogP contribution is -2.30. The van der Waals surface area contributed by atoms with Gasteiger partial charge in [0.1, 0.15) is 5.75 Å². The van der Waals surface area contributed by atoms with Crippen molar-refractivity contribution in [1.29, 1.82) is 0 Å². The van der Waals surface area contributed by atoms with Gasteiger partial charge >= 0.3 is 0 Å². The molecule has 0 fully saturated rings. The second kappa shape index (κ2) is 8.51. The third-order valence-electron chi connectivity index (χ3n) is 4.47. The molecule has 8 heteroatoms. The first-order chi connectivity index (χ1) is 12.7. The van der Waals surface area contributed by atoms with E-state index in [1.54, 1.807) is 25.1 Å². The molecule has 0 spiro atoms. The van der Waals surface area contributed by atoms with E-state index < -0.39 is 10.0 Å². The van der Waals surface area contributed by atoms with Gasteiger partial charge in [0.05, 0.1) is 25.2 Å². The van der Waals surface area contributed by atoms with E-state index in [-0.39, 0.29) is 22.4 Å².